The van der Waals surface area contributed by atoms with E-state index in [4.69, 9.17) is 0 Å². The minimum absolute atomic E-state index is 0.0170. The van der Waals surface area contributed by atoms with E-state index in [1.54, 1.807) is 6.20 Å². The van der Waals surface area contributed by atoms with Crippen LogP contribution in [-0.4, -0.2) is 14.9 Å². The third-order valence-electron chi connectivity index (χ3n) is 4.82. The van der Waals surface area contributed by atoms with Gasteiger partial charge in [0.05, 0.1) is 6.20 Å². The average molecular weight is 371 g/mol. The highest BCUT2D eigenvalue weighted by Gasteiger charge is 2.16. The second-order valence-corrected chi connectivity index (χ2v) is 6.87. The van der Waals surface area contributed by atoms with E-state index in [-0.39, 0.29) is 11.7 Å². The van der Waals surface area contributed by atoms with Crippen LogP contribution < -0.4 is 5.32 Å². The molecule has 0 saturated heterocycles. The highest BCUT2D eigenvalue weighted by Crippen LogP contribution is 2.25. The Balaban J connectivity index is 1.78. The molecule has 0 aliphatic rings. The third-order valence-corrected chi connectivity index (χ3v) is 4.82. The van der Waals surface area contributed by atoms with Gasteiger partial charge < -0.3 is 10.4 Å². The first-order valence-electron chi connectivity index (χ1n) is 8.80. The fourth-order valence-corrected chi connectivity index (χ4v) is 3.27. The Morgan fingerprint density at radius 1 is 1.11 bits per heavy atom. The molecule has 0 unspecified atom stereocenters. The molecule has 3 aromatic rings. The van der Waals surface area contributed by atoms with Gasteiger partial charge in [-0.3, -0.25) is 0 Å². The lowest BCUT2D eigenvalue weighted by Gasteiger charge is -2.15. The first-order valence-corrected chi connectivity index (χ1v) is 8.80. The molecule has 0 aliphatic heterocycles. The predicted molar refractivity (Wildman–Crippen MR) is 101 cm³/mol. The van der Waals surface area contributed by atoms with Crippen LogP contribution in [0.4, 0.5) is 8.78 Å². The molecular weight excluding hydrogens is 348 g/mol. The summed E-state index contributed by atoms with van der Waals surface area (Å²) in [6, 6.07) is 7.34. The number of benzene rings is 2. The molecule has 0 aliphatic carbocycles. The van der Waals surface area contributed by atoms with Crippen LogP contribution in [0.25, 0.3) is 5.69 Å². The molecule has 0 saturated carbocycles. The van der Waals surface area contributed by atoms with Crippen LogP contribution >= 0.6 is 0 Å². The van der Waals surface area contributed by atoms with Crippen molar-refractivity contribution >= 4 is 0 Å². The van der Waals surface area contributed by atoms with Crippen molar-refractivity contribution in [3.8, 4) is 11.4 Å². The van der Waals surface area contributed by atoms with Crippen LogP contribution in [0.2, 0.25) is 0 Å². The maximum atomic E-state index is 14.1. The molecule has 27 heavy (non-hydrogen) atoms. The molecule has 1 atom stereocenters. The molecule has 0 bridgehead atoms. The summed E-state index contributed by atoms with van der Waals surface area (Å²) in [5.74, 6) is -0.940. The van der Waals surface area contributed by atoms with Crippen molar-refractivity contribution in [1.29, 1.82) is 0 Å². The Hall–Kier alpha value is -2.73. The van der Waals surface area contributed by atoms with Gasteiger partial charge in [-0.05, 0) is 56.5 Å². The zero-order chi connectivity index (χ0) is 19.7. The minimum atomic E-state index is -0.650. The smallest absolute Gasteiger partial charge is 0.151 e. The lowest BCUT2D eigenvalue weighted by atomic mass is 10.0. The van der Waals surface area contributed by atoms with Gasteiger partial charge in [-0.25, -0.2) is 13.5 Å². The quantitative estimate of drug-likeness (QED) is 0.687. The number of hydrogen-bond donors (Lipinski definition) is 2. The van der Waals surface area contributed by atoms with Gasteiger partial charge in [-0.1, -0.05) is 12.1 Å². The third kappa shape index (κ3) is 3.85. The van der Waals surface area contributed by atoms with Gasteiger partial charge in [0.25, 0.3) is 0 Å². The number of aromatic hydroxyl groups is 1. The molecule has 2 N–H and O–H groups in total. The van der Waals surface area contributed by atoms with Crippen molar-refractivity contribution in [3.05, 3.63) is 76.1 Å². The number of phenols is 1. The molecule has 1 heterocycles. The second kappa shape index (κ2) is 7.48. The molecule has 0 fully saturated rings. The van der Waals surface area contributed by atoms with Gasteiger partial charge in [0.2, 0.25) is 0 Å². The topological polar surface area (TPSA) is 50.1 Å². The largest absolute Gasteiger partial charge is 0.507 e. The minimum Gasteiger partial charge on any atom is -0.507 e. The summed E-state index contributed by atoms with van der Waals surface area (Å²) in [6.07, 6.45) is 1.70. The number of rotatable bonds is 5. The van der Waals surface area contributed by atoms with Crippen LogP contribution in [0, 0.1) is 32.4 Å². The summed E-state index contributed by atoms with van der Waals surface area (Å²) in [4.78, 5) is 0. The van der Waals surface area contributed by atoms with E-state index in [0.717, 1.165) is 34.0 Å². The van der Waals surface area contributed by atoms with Crippen molar-refractivity contribution in [2.75, 3.05) is 0 Å². The van der Waals surface area contributed by atoms with Crippen LogP contribution in [0.5, 0.6) is 5.75 Å². The first-order chi connectivity index (χ1) is 12.8. The van der Waals surface area contributed by atoms with Gasteiger partial charge >= 0.3 is 0 Å². The van der Waals surface area contributed by atoms with Crippen molar-refractivity contribution < 1.29 is 13.9 Å². The van der Waals surface area contributed by atoms with Gasteiger partial charge in [-0.2, -0.15) is 5.10 Å². The van der Waals surface area contributed by atoms with Crippen LogP contribution in [0.15, 0.2) is 36.5 Å². The molecule has 0 spiro atoms. The van der Waals surface area contributed by atoms with Gasteiger partial charge in [0.15, 0.2) is 5.82 Å². The van der Waals surface area contributed by atoms with E-state index in [1.165, 1.54) is 16.8 Å². The van der Waals surface area contributed by atoms with E-state index >= 15 is 0 Å². The summed E-state index contributed by atoms with van der Waals surface area (Å²) >= 11 is 0. The maximum Gasteiger partial charge on any atom is 0.151 e. The number of aromatic nitrogens is 2. The number of phenolic OH excluding ortho intramolecular Hbond substituents is 1. The summed E-state index contributed by atoms with van der Waals surface area (Å²) in [5.41, 5.74) is 4.71. The molecule has 1 aromatic heterocycles. The maximum absolute atomic E-state index is 14.1. The summed E-state index contributed by atoms with van der Waals surface area (Å²) in [5, 5.41) is 17.6. The fraction of sp³-hybridized carbons (Fsp3) is 0.286. The Kier molecular flexibility index (Phi) is 5.28. The average Bonchev–Trinajstić information content (AvgIpc) is 2.99. The monoisotopic (exact) mass is 371 g/mol. The predicted octanol–water partition coefficient (Wildman–Crippen LogP) is 4.63. The lowest BCUT2D eigenvalue weighted by molar-refractivity contribution is 0.466. The molecule has 3 rings (SSSR count). The number of aryl methyl sites for hydroxylation is 2. The van der Waals surface area contributed by atoms with Gasteiger partial charge in [0, 0.05) is 29.9 Å². The van der Waals surface area contributed by atoms with Gasteiger partial charge in [-0.15, -0.1) is 0 Å². The SMILES string of the molecule is Cc1cc(CN[C@H](C)c2cnn(-c3ccc(F)cc3F)c2C)cc(C)c1O. The van der Waals surface area contributed by atoms with Crippen molar-refractivity contribution in [2.24, 2.45) is 0 Å². The normalized spacial score (nSPS) is 12.4. The lowest BCUT2D eigenvalue weighted by Crippen LogP contribution is -2.19. The zero-order valence-corrected chi connectivity index (χ0v) is 15.8. The van der Waals surface area contributed by atoms with Crippen LogP contribution in [0.3, 0.4) is 0 Å². The summed E-state index contributed by atoms with van der Waals surface area (Å²) in [6.45, 7) is 8.24. The zero-order valence-electron chi connectivity index (χ0n) is 15.8. The highest BCUT2D eigenvalue weighted by atomic mass is 19.1. The number of nitrogens with one attached hydrogen (secondary N) is 1. The second-order valence-electron chi connectivity index (χ2n) is 6.87. The van der Waals surface area contributed by atoms with Crippen molar-refractivity contribution in [1.82, 2.24) is 15.1 Å². The van der Waals surface area contributed by atoms with E-state index in [9.17, 15) is 13.9 Å². The van der Waals surface area contributed by atoms with E-state index in [2.05, 4.69) is 10.4 Å². The number of nitrogens with zero attached hydrogens (tertiary/aromatic N) is 2. The van der Waals surface area contributed by atoms with Gasteiger partial charge in [0.1, 0.15) is 17.3 Å². The van der Waals surface area contributed by atoms with Crippen LogP contribution in [0.1, 0.15) is 40.9 Å². The highest BCUT2D eigenvalue weighted by molar-refractivity contribution is 5.42. The Morgan fingerprint density at radius 2 is 1.78 bits per heavy atom. The number of halogens is 2. The molecule has 0 radical (unpaired) electrons. The van der Waals surface area contributed by atoms with Crippen LogP contribution in [-0.2, 0) is 6.54 Å². The Bertz CT molecular complexity index is 959. The van der Waals surface area contributed by atoms with Crippen molar-refractivity contribution in [3.63, 3.8) is 0 Å². The molecule has 6 heteroatoms. The summed E-state index contributed by atoms with van der Waals surface area (Å²) < 4.78 is 28.7. The molecule has 0 amide bonds. The standard InChI is InChI=1S/C21H23F2N3O/c1-12-7-16(8-13(2)21(12)27)10-24-14(3)18-11-25-26(15(18)4)20-6-5-17(22)9-19(20)23/h5-9,11,14,24,27H,10H2,1-4H3/t14-/m1/s1. The molecule has 2 aromatic carbocycles. The fourth-order valence-electron chi connectivity index (χ4n) is 3.27. The first kappa shape index (κ1) is 19.0. The van der Waals surface area contributed by atoms with E-state index in [1.807, 2.05) is 39.8 Å². The molecule has 4 nitrogen and oxygen atoms in total. The number of hydrogen-bond acceptors (Lipinski definition) is 3. The Morgan fingerprint density at radius 3 is 2.41 bits per heavy atom. The van der Waals surface area contributed by atoms with E-state index in [0.29, 0.717) is 12.3 Å². The summed E-state index contributed by atoms with van der Waals surface area (Å²) in [7, 11) is 0. The Labute approximate surface area is 157 Å². The molecular formula is C21H23F2N3O. The molecule has 142 valence electrons. The van der Waals surface area contributed by atoms with Crippen molar-refractivity contribution in [2.45, 2.75) is 40.3 Å². The van der Waals surface area contributed by atoms with E-state index < -0.39 is 11.6 Å².